The van der Waals surface area contributed by atoms with Gasteiger partial charge in [-0.3, -0.25) is 0 Å². The average molecular weight is 287 g/mol. The van der Waals surface area contributed by atoms with Crippen LogP contribution in [0.3, 0.4) is 0 Å². The van der Waals surface area contributed by atoms with E-state index in [2.05, 4.69) is 51.2 Å². The Kier molecular flexibility index (Phi) is 4.00. The summed E-state index contributed by atoms with van der Waals surface area (Å²) in [5, 5.41) is 3.69. The first-order chi connectivity index (χ1) is 10.1. The molecule has 2 heteroatoms. The first-order valence-corrected chi connectivity index (χ1v) is 8.58. The number of hydrogen-bond donors (Lipinski definition) is 1. The molecule has 1 spiro atoms. The molecule has 1 aliphatic carbocycles. The van der Waals surface area contributed by atoms with Gasteiger partial charge in [-0.1, -0.05) is 44.9 Å². The molecule has 4 atom stereocenters. The van der Waals surface area contributed by atoms with Crippen molar-refractivity contribution in [2.75, 3.05) is 6.54 Å². The summed E-state index contributed by atoms with van der Waals surface area (Å²) in [6.07, 6.45) is 4.96. The SMILES string of the molecule is CCNC1CC2(CCCC(C)C2C)Oc2ccc(C)cc21. The Hall–Kier alpha value is -1.02. The fraction of sp³-hybridized carbons (Fsp3) is 0.684. The number of rotatable bonds is 2. The van der Waals surface area contributed by atoms with Crippen molar-refractivity contribution in [3.05, 3.63) is 29.3 Å². The second-order valence-electron chi connectivity index (χ2n) is 7.18. The predicted octanol–water partition coefficient (Wildman–Crippen LogP) is 4.62. The van der Waals surface area contributed by atoms with E-state index in [0.29, 0.717) is 12.0 Å². The Morgan fingerprint density at radius 3 is 2.90 bits per heavy atom. The Morgan fingerprint density at radius 1 is 1.33 bits per heavy atom. The number of benzene rings is 1. The van der Waals surface area contributed by atoms with Gasteiger partial charge in [0.15, 0.2) is 0 Å². The lowest BCUT2D eigenvalue weighted by molar-refractivity contribution is -0.0644. The number of hydrogen-bond acceptors (Lipinski definition) is 2. The maximum absolute atomic E-state index is 6.63. The van der Waals surface area contributed by atoms with Crippen LogP contribution in [0.15, 0.2) is 18.2 Å². The second-order valence-corrected chi connectivity index (χ2v) is 7.18. The van der Waals surface area contributed by atoms with Crippen molar-refractivity contribution in [3.8, 4) is 5.75 Å². The third-order valence-corrected chi connectivity index (χ3v) is 5.80. The lowest BCUT2D eigenvalue weighted by Gasteiger charge is -2.50. The number of nitrogens with one attached hydrogen (secondary N) is 1. The van der Waals surface area contributed by atoms with Gasteiger partial charge in [0.1, 0.15) is 11.4 Å². The van der Waals surface area contributed by atoms with Crippen molar-refractivity contribution in [2.24, 2.45) is 11.8 Å². The highest BCUT2D eigenvalue weighted by Crippen LogP contribution is 2.50. The number of fused-ring (bicyclic) bond motifs is 1. The Bertz CT molecular complexity index is 512. The molecule has 1 N–H and O–H groups in total. The highest BCUT2D eigenvalue weighted by atomic mass is 16.5. The van der Waals surface area contributed by atoms with Gasteiger partial charge in [-0.25, -0.2) is 0 Å². The minimum atomic E-state index is 0.0345. The van der Waals surface area contributed by atoms with E-state index in [1.807, 2.05) is 0 Å². The van der Waals surface area contributed by atoms with Crippen molar-refractivity contribution < 1.29 is 4.74 Å². The maximum Gasteiger partial charge on any atom is 0.124 e. The standard InChI is InChI=1S/C19H29NO/c1-5-20-17-12-19(10-6-7-14(3)15(19)4)21-18-9-8-13(2)11-16(17)18/h8-9,11,14-15,17,20H,5-7,10,12H2,1-4H3. The van der Waals surface area contributed by atoms with E-state index in [-0.39, 0.29) is 5.60 Å². The van der Waals surface area contributed by atoms with E-state index in [4.69, 9.17) is 4.74 Å². The molecular formula is C19H29NO. The topological polar surface area (TPSA) is 21.3 Å². The van der Waals surface area contributed by atoms with Crippen LogP contribution in [0.1, 0.15) is 63.6 Å². The van der Waals surface area contributed by atoms with Crippen LogP contribution in [0.25, 0.3) is 0 Å². The predicted molar refractivity (Wildman–Crippen MR) is 87.8 cm³/mol. The Labute approximate surface area is 129 Å². The summed E-state index contributed by atoms with van der Waals surface area (Å²) >= 11 is 0. The molecule has 21 heavy (non-hydrogen) atoms. The number of aryl methyl sites for hydroxylation is 1. The summed E-state index contributed by atoms with van der Waals surface area (Å²) in [5.74, 6) is 2.49. The van der Waals surface area contributed by atoms with Gasteiger partial charge in [-0.15, -0.1) is 0 Å². The van der Waals surface area contributed by atoms with E-state index < -0.39 is 0 Å². The molecule has 1 heterocycles. The number of ether oxygens (including phenoxy) is 1. The smallest absolute Gasteiger partial charge is 0.124 e. The molecule has 1 aromatic carbocycles. The van der Waals surface area contributed by atoms with Crippen molar-refractivity contribution in [1.29, 1.82) is 0 Å². The molecule has 0 aromatic heterocycles. The van der Waals surface area contributed by atoms with Crippen LogP contribution in [0.5, 0.6) is 5.75 Å². The molecular weight excluding hydrogens is 258 g/mol. The first-order valence-electron chi connectivity index (χ1n) is 8.58. The first kappa shape index (κ1) is 14.9. The van der Waals surface area contributed by atoms with Crippen LogP contribution in [-0.4, -0.2) is 12.1 Å². The molecule has 0 saturated heterocycles. The lowest BCUT2D eigenvalue weighted by atomic mass is 9.66. The summed E-state index contributed by atoms with van der Waals surface area (Å²) in [6, 6.07) is 7.10. The van der Waals surface area contributed by atoms with Gasteiger partial charge >= 0.3 is 0 Å². The molecule has 0 radical (unpaired) electrons. The molecule has 3 rings (SSSR count). The van der Waals surface area contributed by atoms with Crippen LogP contribution in [-0.2, 0) is 0 Å². The highest BCUT2D eigenvalue weighted by molar-refractivity contribution is 5.42. The van der Waals surface area contributed by atoms with Gasteiger partial charge in [0.25, 0.3) is 0 Å². The molecule has 0 bridgehead atoms. The average Bonchev–Trinajstić information content (AvgIpc) is 2.46. The van der Waals surface area contributed by atoms with Crippen molar-refractivity contribution in [2.45, 2.75) is 65.0 Å². The van der Waals surface area contributed by atoms with E-state index in [9.17, 15) is 0 Å². The molecule has 2 nitrogen and oxygen atoms in total. The summed E-state index contributed by atoms with van der Waals surface area (Å²) in [4.78, 5) is 0. The van der Waals surface area contributed by atoms with E-state index in [0.717, 1.165) is 24.6 Å². The summed E-state index contributed by atoms with van der Waals surface area (Å²) in [7, 11) is 0. The quantitative estimate of drug-likeness (QED) is 0.856. The molecule has 1 saturated carbocycles. The van der Waals surface area contributed by atoms with Crippen LogP contribution in [0, 0.1) is 18.8 Å². The van der Waals surface area contributed by atoms with Crippen LogP contribution >= 0.6 is 0 Å². The van der Waals surface area contributed by atoms with E-state index in [1.165, 1.54) is 30.4 Å². The summed E-state index contributed by atoms with van der Waals surface area (Å²) in [6.45, 7) is 10.2. The van der Waals surface area contributed by atoms with Crippen LogP contribution in [0.2, 0.25) is 0 Å². The Morgan fingerprint density at radius 2 is 2.14 bits per heavy atom. The Balaban J connectivity index is 1.98. The zero-order valence-corrected chi connectivity index (χ0v) is 13.9. The summed E-state index contributed by atoms with van der Waals surface area (Å²) < 4.78 is 6.63. The van der Waals surface area contributed by atoms with Gasteiger partial charge in [-0.05, 0) is 44.2 Å². The summed E-state index contributed by atoms with van der Waals surface area (Å²) in [5.41, 5.74) is 2.71. The fourth-order valence-corrected chi connectivity index (χ4v) is 4.33. The minimum Gasteiger partial charge on any atom is -0.487 e. The third-order valence-electron chi connectivity index (χ3n) is 5.80. The molecule has 1 fully saturated rings. The van der Waals surface area contributed by atoms with Gasteiger partial charge in [0.05, 0.1) is 0 Å². The normalized spacial score (nSPS) is 35.3. The molecule has 1 aliphatic heterocycles. The molecule has 2 aliphatic rings. The molecule has 116 valence electrons. The second kappa shape index (κ2) is 5.64. The third kappa shape index (κ3) is 2.59. The lowest BCUT2D eigenvalue weighted by Crippen LogP contribution is -2.52. The van der Waals surface area contributed by atoms with Crippen molar-refractivity contribution in [3.63, 3.8) is 0 Å². The molecule has 4 unspecified atom stereocenters. The van der Waals surface area contributed by atoms with E-state index >= 15 is 0 Å². The molecule has 1 aromatic rings. The zero-order valence-electron chi connectivity index (χ0n) is 13.9. The minimum absolute atomic E-state index is 0.0345. The fourth-order valence-electron chi connectivity index (χ4n) is 4.33. The van der Waals surface area contributed by atoms with Gasteiger partial charge in [0.2, 0.25) is 0 Å². The van der Waals surface area contributed by atoms with Gasteiger partial charge in [0, 0.05) is 18.0 Å². The van der Waals surface area contributed by atoms with Gasteiger partial charge < -0.3 is 10.1 Å². The molecule has 0 amide bonds. The maximum atomic E-state index is 6.63. The highest BCUT2D eigenvalue weighted by Gasteiger charge is 2.48. The zero-order chi connectivity index (χ0) is 15.0. The van der Waals surface area contributed by atoms with Crippen LogP contribution in [0.4, 0.5) is 0 Å². The largest absolute Gasteiger partial charge is 0.487 e. The van der Waals surface area contributed by atoms with Crippen LogP contribution < -0.4 is 10.1 Å². The van der Waals surface area contributed by atoms with E-state index in [1.54, 1.807) is 0 Å². The van der Waals surface area contributed by atoms with Gasteiger partial charge in [-0.2, -0.15) is 0 Å². The van der Waals surface area contributed by atoms with Crippen molar-refractivity contribution >= 4 is 0 Å². The van der Waals surface area contributed by atoms with Crippen molar-refractivity contribution in [1.82, 2.24) is 5.32 Å². The monoisotopic (exact) mass is 287 g/mol.